The van der Waals surface area contributed by atoms with Crippen LogP contribution in [0.3, 0.4) is 0 Å². The number of amides is 2. The van der Waals surface area contributed by atoms with Crippen molar-refractivity contribution in [2.75, 3.05) is 12.3 Å². The Labute approximate surface area is 201 Å². The summed E-state index contributed by atoms with van der Waals surface area (Å²) >= 11 is 1.43. The van der Waals surface area contributed by atoms with Crippen LogP contribution < -0.4 is 22.5 Å². The van der Waals surface area contributed by atoms with Gasteiger partial charge in [-0.1, -0.05) is 36.8 Å². The number of carboxylic acid groups (broad SMARTS) is 2. The SMILES string of the molecule is CC1=C(C(=O)O)N2C(=O)[C@@H](NC(=O)[C@H](N)c3ccccc3)[C@H]2SC1.NCCCC[C@H](N)C(=O)O. The molecule has 9 N–H and O–H groups in total. The number of nitrogens with two attached hydrogens (primary N) is 3. The second-order valence-electron chi connectivity index (χ2n) is 7.95. The molecule has 0 bridgehead atoms. The van der Waals surface area contributed by atoms with Crippen LogP contribution in [0.5, 0.6) is 0 Å². The van der Waals surface area contributed by atoms with Crippen molar-refractivity contribution in [2.24, 2.45) is 17.2 Å². The van der Waals surface area contributed by atoms with Crippen LogP contribution in [0.4, 0.5) is 0 Å². The van der Waals surface area contributed by atoms with E-state index in [1.54, 1.807) is 31.2 Å². The maximum Gasteiger partial charge on any atom is 0.352 e. The normalized spacial score (nSPS) is 20.8. The summed E-state index contributed by atoms with van der Waals surface area (Å²) in [6.07, 6.45) is 2.16. The number of carbonyl (C=O) groups excluding carboxylic acids is 2. The van der Waals surface area contributed by atoms with E-state index in [1.165, 1.54) is 16.7 Å². The van der Waals surface area contributed by atoms with Crippen LogP contribution >= 0.6 is 11.8 Å². The predicted molar refractivity (Wildman–Crippen MR) is 127 cm³/mol. The fourth-order valence-electron chi connectivity index (χ4n) is 3.46. The molecule has 1 saturated heterocycles. The lowest BCUT2D eigenvalue weighted by Gasteiger charge is -2.49. The molecule has 11 nitrogen and oxygen atoms in total. The molecule has 0 aliphatic carbocycles. The molecular weight excluding hydrogens is 462 g/mol. The molecule has 34 heavy (non-hydrogen) atoms. The van der Waals surface area contributed by atoms with Gasteiger partial charge in [0.15, 0.2) is 0 Å². The third-order valence-electron chi connectivity index (χ3n) is 5.39. The van der Waals surface area contributed by atoms with E-state index in [1.807, 2.05) is 6.07 Å². The van der Waals surface area contributed by atoms with Gasteiger partial charge < -0.3 is 32.7 Å². The average molecular weight is 494 g/mol. The van der Waals surface area contributed by atoms with Crippen molar-refractivity contribution < 1.29 is 29.4 Å². The third kappa shape index (κ3) is 6.56. The standard InChI is InChI=1S/C16H17N3O4S.C6H14N2O2/c1-8-7-24-15-11(14(21)19(15)12(8)16(22)23)18-13(20)10(17)9-5-3-2-4-6-9;7-4-2-1-3-5(8)6(9)10/h2-6,10-11,15H,7,17H2,1H3,(H,18,20)(H,22,23);5H,1-4,7-8H2,(H,9,10)/t10-,11-,15-;5-/m10/s1. The summed E-state index contributed by atoms with van der Waals surface area (Å²) in [4.78, 5) is 47.3. The molecule has 186 valence electrons. The number of nitrogens with one attached hydrogen (secondary N) is 1. The van der Waals surface area contributed by atoms with Gasteiger partial charge in [0.25, 0.3) is 5.91 Å². The Hall–Kier alpha value is -2.93. The lowest BCUT2D eigenvalue weighted by atomic mass is 10.0. The van der Waals surface area contributed by atoms with Crippen LogP contribution in [0.15, 0.2) is 41.6 Å². The summed E-state index contributed by atoms with van der Waals surface area (Å²) in [5.74, 6) is -2.43. The molecule has 0 radical (unpaired) electrons. The van der Waals surface area contributed by atoms with E-state index in [4.69, 9.17) is 22.3 Å². The highest BCUT2D eigenvalue weighted by Crippen LogP contribution is 2.40. The van der Waals surface area contributed by atoms with Crippen LogP contribution in [0.1, 0.15) is 37.8 Å². The minimum absolute atomic E-state index is 0.0154. The van der Waals surface area contributed by atoms with Crippen LogP contribution in [0.2, 0.25) is 0 Å². The Morgan fingerprint density at radius 1 is 1.18 bits per heavy atom. The molecule has 0 saturated carbocycles. The molecule has 0 spiro atoms. The number of hydrogen-bond donors (Lipinski definition) is 6. The molecule has 4 atom stereocenters. The Kier molecular flexibility index (Phi) is 10.1. The van der Waals surface area contributed by atoms with E-state index in [0.717, 1.165) is 12.8 Å². The maximum absolute atomic E-state index is 12.3. The van der Waals surface area contributed by atoms with Crippen molar-refractivity contribution in [1.29, 1.82) is 0 Å². The van der Waals surface area contributed by atoms with Crippen LogP contribution in [0, 0.1) is 0 Å². The Morgan fingerprint density at radius 2 is 1.82 bits per heavy atom. The van der Waals surface area contributed by atoms with Gasteiger partial charge in [0.1, 0.15) is 29.2 Å². The quantitative estimate of drug-likeness (QED) is 0.200. The number of benzene rings is 1. The summed E-state index contributed by atoms with van der Waals surface area (Å²) in [5.41, 5.74) is 17.7. The Morgan fingerprint density at radius 3 is 2.38 bits per heavy atom. The summed E-state index contributed by atoms with van der Waals surface area (Å²) < 4.78 is 0. The van der Waals surface area contributed by atoms with E-state index in [2.05, 4.69) is 5.32 Å². The number of carbonyl (C=O) groups is 4. The molecular formula is C22H31N5O6S. The monoisotopic (exact) mass is 493 g/mol. The maximum atomic E-state index is 12.3. The zero-order valence-corrected chi connectivity index (χ0v) is 19.7. The number of carboxylic acids is 2. The topological polar surface area (TPSA) is 202 Å². The highest BCUT2D eigenvalue weighted by molar-refractivity contribution is 8.00. The zero-order chi connectivity index (χ0) is 25.4. The van der Waals surface area contributed by atoms with Gasteiger partial charge in [-0.15, -0.1) is 11.8 Å². The van der Waals surface area contributed by atoms with Crippen molar-refractivity contribution in [2.45, 2.75) is 49.7 Å². The van der Waals surface area contributed by atoms with E-state index in [9.17, 15) is 24.3 Å². The first-order valence-corrected chi connectivity index (χ1v) is 11.8. The van der Waals surface area contributed by atoms with E-state index < -0.39 is 47.3 Å². The van der Waals surface area contributed by atoms with Gasteiger partial charge in [0.2, 0.25) is 5.91 Å². The molecule has 2 amide bonds. The van der Waals surface area contributed by atoms with Crippen molar-refractivity contribution in [3.05, 3.63) is 47.2 Å². The number of rotatable bonds is 9. The summed E-state index contributed by atoms with van der Waals surface area (Å²) in [5, 5.41) is 19.9. The Balaban J connectivity index is 0.000000347. The second kappa shape index (κ2) is 12.5. The minimum atomic E-state index is -1.13. The third-order valence-corrected chi connectivity index (χ3v) is 6.81. The number of β-lactam (4-membered cyclic amide) rings is 1. The fraction of sp³-hybridized carbons (Fsp3) is 0.455. The number of unbranched alkanes of at least 4 members (excludes halogenated alkanes) is 1. The summed E-state index contributed by atoms with van der Waals surface area (Å²) in [6.45, 7) is 2.30. The molecule has 2 heterocycles. The molecule has 12 heteroatoms. The largest absolute Gasteiger partial charge is 0.480 e. The predicted octanol–water partition coefficient (Wildman–Crippen LogP) is -0.0278. The summed E-state index contributed by atoms with van der Waals surface area (Å²) in [6, 6.07) is 6.52. The molecule has 2 aliphatic heterocycles. The number of hydrogen-bond acceptors (Lipinski definition) is 8. The van der Waals surface area contributed by atoms with Crippen molar-refractivity contribution >= 4 is 35.5 Å². The van der Waals surface area contributed by atoms with Crippen molar-refractivity contribution in [3.63, 3.8) is 0 Å². The van der Waals surface area contributed by atoms with E-state index in [-0.39, 0.29) is 5.70 Å². The fourth-order valence-corrected chi connectivity index (χ4v) is 4.75. The molecule has 3 rings (SSSR count). The Bertz CT molecular complexity index is 941. The molecule has 0 aromatic heterocycles. The molecule has 1 aromatic carbocycles. The van der Waals surface area contributed by atoms with Crippen LogP contribution in [0.25, 0.3) is 0 Å². The van der Waals surface area contributed by atoms with Crippen LogP contribution in [-0.4, -0.2) is 68.6 Å². The molecule has 1 fully saturated rings. The first-order chi connectivity index (χ1) is 16.1. The van der Waals surface area contributed by atoms with Gasteiger partial charge in [-0.2, -0.15) is 0 Å². The van der Waals surface area contributed by atoms with Crippen molar-refractivity contribution in [1.82, 2.24) is 10.2 Å². The number of aliphatic carboxylic acids is 2. The molecule has 1 aromatic rings. The lowest BCUT2D eigenvalue weighted by Crippen LogP contribution is -2.71. The molecule has 0 unspecified atom stereocenters. The van der Waals surface area contributed by atoms with Crippen molar-refractivity contribution in [3.8, 4) is 0 Å². The van der Waals surface area contributed by atoms with Gasteiger partial charge >= 0.3 is 11.9 Å². The summed E-state index contributed by atoms with van der Waals surface area (Å²) in [7, 11) is 0. The molecule has 2 aliphatic rings. The number of nitrogens with zero attached hydrogens (tertiary/aromatic N) is 1. The lowest BCUT2D eigenvalue weighted by molar-refractivity contribution is -0.150. The van der Waals surface area contributed by atoms with Gasteiger partial charge in [-0.3, -0.25) is 19.3 Å². The van der Waals surface area contributed by atoms with E-state index in [0.29, 0.717) is 29.9 Å². The first kappa shape index (κ1) is 27.3. The highest BCUT2D eigenvalue weighted by atomic mass is 32.2. The number of thioether (sulfide) groups is 1. The smallest absolute Gasteiger partial charge is 0.352 e. The second-order valence-corrected chi connectivity index (χ2v) is 9.05. The van der Waals surface area contributed by atoms with Crippen LogP contribution in [-0.2, 0) is 19.2 Å². The zero-order valence-electron chi connectivity index (χ0n) is 18.8. The average Bonchev–Trinajstić information content (AvgIpc) is 2.82. The van der Waals surface area contributed by atoms with Gasteiger partial charge in [-0.25, -0.2) is 4.79 Å². The van der Waals surface area contributed by atoms with Gasteiger partial charge in [0.05, 0.1) is 0 Å². The van der Waals surface area contributed by atoms with Gasteiger partial charge in [-0.05, 0) is 37.4 Å². The first-order valence-electron chi connectivity index (χ1n) is 10.8. The highest BCUT2D eigenvalue weighted by Gasteiger charge is 2.53. The van der Waals surface area contributed by atoms with Gasteiger partial charge in [0, 0.05) is 5.75 Å². The van der Waals surface area contributed by atoms with E-state index >= 15 is 0 Å². The minimum Gasteiger partial charge on any atom is -0.480 e. The number of fused-ring (bicyclic) bond motifs is 1.